The highest BCUT2D eigenvalue weighted by molar-refractivity contribution is 6.31. The molecule has 1 aromatic heterocycles. The molecule has 1 aliphatic heterocycles. The number of nitrogens with zero attached hydrogens (tertiary/aromatic N) is 2. The fourth-order valence-electron chi connectivity index (χ4n) is 3.18. The van der Waals surface area contributed by atoms with Crippen LogP contribution in [-0.4, -0.2) is 66.5 Å². The number of carbonyl (C=O) groups excluding carboxylic acids is 2. The molecule has 0 saturated carbocycles. The first-order chi connectivity index (χ1) is 12.0. The van der Waals surface area contributed by atoms with Crippen LogP contribution in [0.4, 0.5) is 0 Å². The Morgan fingerprint density at radius 2 is 2.12 bits per heavy atom. The van der Waals surface area contributed by atoms with Crippen molar-refractivity contribution in [3.63, 3.8) is 0 Å². The highest BCUT2D eigenvalue weighted by atomic mass is 35.5. The second-order valence-corrected chi connectivity index (χ2v) is 6.67. The first-order valence-corrected chi connectivity index (χ1v) is 8.73. The van der Waals surface area contributed by atoms with Crippen LogP contribution >= 0.6 is 11.6 Å². The quantitative estimate of drug-likeness (QED) is 0.907. The smallest absolute Gasteiger partial charge is 0.270 e. The molecule has 0 unspecified atom stereocenters. The number of aromatic amines is 1. The van der Waals surface area contributed by atoms with Crippen LogP contribution in [0.2, 0.25) is 5.02 Å². The number of carbonyl (C=O) groups is 2. The van der Waals surface area contributed by atoms with E-state index in [-0.39, 0.29) is 11.8 Å². The standard InChI is InChI=1S/C18H22ClN3O3/c1-12-14-11-13(19)3-4-15(14)20-17(12)18(24)22-6-5-16(23)21(7-8-22)9-10-25-2/h3-4,11,20H,5-10H2,1-2H3. The summed E-state index contributed by atoms with van der Waals surface area (Å²) in [6.45, 7) is 4.44. The Bertz CT molecular complexity index is 802. The Morgan fingerprint density at radius 1 is 1.32 bits per heavy atom. The molecule has 0 atom stereocenters. The summed E-state index contributed by atoms with van der Waals surface area (Å²) < 4.78 is 5.05. The fourth-order valence-corrected chi connectivity index (χ4v) is 3.35. The summed E-state index contributed by atoms with van der Waals surface area (Å²) in [6, 6.07) is 5.53. The van der Waals surface area contributed by atoms with Gasteiger partial charge in [-0.2, -0.15) is 0 Å². The topological polar surface area (TPSA) is 65.6 Å². The molecule has 1 aliphatic rings. The first kappa shape index (κ1) is 17.8. The summed E-state index contributed by atoms with van der Waals surface area (Å²) in [5.74, 6) is -0.0151. The zero-order chi connectivity index (χ0) is 18.0. The molecule has 0 radical (unpaired) electrons. The average Bonchev–Trinajstić information content (AvgIpc) is 2.80. The SMILES string of the molecule is COCCN1CCN(C(=O)c2[nH]c3ccc(Cl)cc3c2C)CCC1=O. The van der Waals surface area contributed by atoms with Crippen molar-refractivity contribution >= 4 is 34.3 Å². The first-order valence-electron chi connectivity index (χ1n) is 8.35. The molecule has 3 rings (SSSR count). The summed E-state index contributed by atoms with van der Waals surface area (Å²) in [6.07, 6.45) is 0.334. The molecular formula is C18H22ClN3O3. The molecule has 134 valence electrons. The van der Waals surface area contributed by atoms with E-state index in [4.69, 9.17) is 16.3 Å². The molecule has 0 bridgehead atoms. The van der Waals surface area contributed by atoms with E-state index in [9.17, 15) is 9.59 Å². The van der Waals surface area contributed by atoms with Crippen molar-refractivity contribution in [3.8, 4) is 0 Å². The summed E-state index contributed by atoms with van der Waals surface area (Å²) in [4.78, 5) is 31.8. The van der Waals surface area contributed by atoms with Gasteiger partial charge in [0.25, 0.3) is 5.91 Å². The number of halogens is 1. The molecule has 1 fully saturated rings. The van der Waals surface area contributed by atoms with Crippen LogP contribution in [0.1, 0.15) is 22.5 Å². The number of amides is 2. The third kappa shape index (κ3) is 3.65. The van der Waals surface area contributed by atoms with Crippen molar-refractivity contribution in [2.45, 2.75) is 13.3 Å². The minimum Gasteiger partial charge on any atom is -0.383 e. The zero-order valence-corrected chi connectivity index (χ0v) is 15.2. The van der Waals surface area contributed by atoms with Gasteiger partial charge in [-0.15, -0.1) is 0 Å². The number of methoxy groups -OCH3 is 1. The largest absolute Gasteiger partial charge is 0.383 e. The maximum absolute atomic E-state index is 13.0. The van der Waals surface area contributed by atoms with E-state index in [2.05, 4.69) is 4.98 Å². The number of nitrogens with one attached hydrogen (secondary N) is 1. The Hall–Kier alpha value is -2.05. The average molecular weight is 364 g/mol. The molecule has 7 heteroatoms. The molecule has 2 aromatic rings. The summed E-state index contributed by atoms with van der Waals surface area (Å²) in [5.41, 5.74) is 2.34. The Morgan fingerprint density at radius 3 is 2.88 bits per heavy atom. The van der Waals surface area contributed by atoms with Crippen LogP contribution in [-0.2, 0) is 9.53 Å². The van der Waals surface area contributed by atoms with Gasteiger partial charge in [0.05, 0.1) is 6.61 Å². The second-order valence-electron chi connectivity index (χ2n) is 6.23. The molecular weight excluding hydrogens is 342 g/mol. The van der Waals surface area contributed by atoms with Crippen LogP contribution in [0.25, 0.3) is 10.9 Å². The van der Waals surface area contributed by atoms with E-state index < -0.39 is 0 Å². The second kappa shape index (κ2) is 7.45. The van der Waals surface area contributed by atoms with Crippen LogP contribution in [0.3, 0.4) is 0 Å². The summed E-state index contributed by atoms with van der Waals surface area (Å²) >= 11 is 6.06. The van der Waals surface area contributed by atoms with E-state index in [1.807, 2.05) is 19.1 Å². The molecule has 0 aliphatic carbocycles. The van der Waals surface area contributed by atoms with E-state index >= 15 is 0 Å². The molecule has 1 aromatic carbocycles. The molecule has 6 nitrogen and oxygen atoms in total. The third-order valence-electron chi connectivity index (χ3n) is 4.67. The number of rotatable bonds is 4. The maximum Gasteiger partial charge on any atom is 0.270 e. The molecule has 25 heavy (non-hydrogen) atoms. The maximum atomic E-state index is 13.0. The Balaban J connectivity index is 1.79. The van der Waals surface area contributed by atoms with Crippen molar-refractivity contribution in [3.05, 3.63) is 34.5 Å². The number of fused-ring (bicyclic) bond motifs is 1. The van der Waals surface area contributed by atoms with Gasteiger partial charge >= 0.3 is 0 Å². The lowest BCUT2D eigenvalue weighted by Crippen LogP contribution is -2.37. The van der Waals surface area contributed by atoms with Gasteiger partial charge in [0.15, 0.2) is 0 Å². The predicted molar refractivity (Wildman–Crippen MR) is 97.0 cm³/mol. The van der Waals surface area contributed by atoms with Gasteiger partial charge in [-0.25, -0.2) is 0 Å². The van der Waals surface area contributed by atoms with Crippen LogP contribution in [0.5, 0.6) is 0 Å². The van der Waals surface area contributed by atoms with Gasteiger partial charge in [-0.3, -0.25) is 9.59 Å². The van der Waals surface area contributed by atoms with Crippen molar-refractivity contribution in [2.24, 2.45) is 0 Å². The number of ether oxygens (including phenoxy) is 1. The number of benzene rings is 1. The predicted octanol–water partition coefficient (Wildman–Crippen LogP) is 2.45. The normalized spacial score (nSPS) is 15.7. The van der Waals surface area contributed by atoms with Crippen molar-refractivity contribution in [1.82, 2.24) is 14.8 Å². The zero-order valence-electron chi connectivity index (χ0n) is 14.5. The third-order valence-corrected chi connectivity index (χ3v) is 4.91. The highest BCUT2D eigenvalue weighted by Gasteiger charge is 2.26. The van der Waals surface area contributed by atoms with E-state index in [0.29, 0.717) is 49.9 Å². The lowest BCUT2D eigenvalue weighted by atomic mass is 10.1. The molecule has 1 N–H and O–H groups in total. The van der Waals surface area contributed by atoms with Gasteiger partial charge in [0.2, 0.25) is 5.91 Å². The number of aryl methyl sites for hydroxylation is 1. The van der Waals surface area contributed by atoms with Gasteiger partial charge < -0.3 is 19.5 Å². The van der Waals surface area contributed by atoms with Crippen LogP contribution < -0.4 is 0 Å². The highest BCUT2D eigenvalue weighted by Crippen LogP contribution is 2.26. The lowest BCUT2D eigenvalue weighted by molar-refractivity contribution is -0.130. The van der Waals surface area contributed by atoms with Gasteiger partial charge in [0.1, 0.15) is 5.69 Å². The number of aromatic nitrogens is 1. The Kier molecular flexibility index (Phi) is 5.30. The van der Waals surface area contributed by atoms with E-state index in [0.717, 1.165) is 16.5 Å². The fraction of sp³-hybridized carbons (Fsp3) is 0.444. The van der Waals surface area contributed by atoms with E-state index in [1.54, 1.807) is 23.0 Å². The minimum absolute atomic E-state index is 0.0625. The summed E-state index contributed by atoms with van der Waals surface area (Å²) in [5, 5.41) is 1.59. The van der Waals surface area contributed by atoms with Crippen molar-refractivity contribution < 1.29 is 14.3 Å². The van der Waals surface area contributed by atoms with Crippen molar-refractivity contribution in [2.75, 3.05) is 39.9 Å². The lowest BCUT2D eigenvalue weighted by Gasteiger charge is -2.22. The van der Waals surface area contributed by atoms with Gasteiger partial charge in [-0.05, 0) is 30.7 Å². The molecule has 1 saturated heterocycles. The Labute approximate surface area is 151 Å². The summed E-state index contributed by atoms with van der Waals surface area (Å²) in [7, 11) is 1.61. The molecule has 2 amide bonds. The van der Waals surface area contributed by atoms with E-state index in [1.165, 1.54) is 0 Å². The van der Waals surface area contributed by atoms with Gasteiger partial charge in [-0.1, -0.05) is 11.6 Å². The molecule has 0 spiro atoms. The van der Waals surface area contributed by atoms with Crippen LogP contribution in [0.15, 0.2) is 18.2 Å². The number of hydrogen-bond donors (Lipinski definition) is 1. The minimum atomic E-state index is -0.0776. The number of H-pyrrole nitrogens is 1. The molecule has 2 heterocycles. The van der Waals surface area contributed by atoms with Gasteiger partial charge in [0, 0.05) is 55.6 Å². The number of hydrogen-bond acceptors (Lipinski definition) is 3. The monoisotopic (exact) mass is 363 g/mol. The van der Waals surface area contributed by atoms with Crippen molar-refractivity contribution in [1.29, 1.82) is 0 Å². The van der Waals surface area contributed by atoms with Crippen LogP contribution in [0, 0.1) is 6.92 Å².